The molecule has 0 aliphatic carbocycles. The van der Waals surface area contributed by atoms with Crippen molar-refractivity contribution in [2.45, 2.75) is 97.2 Å². The van der Waals surface area contributed by atoms with Crippen LogP contribution < -0.4 is 11.2 Å². The van der Waals surface area contributed by atoms with Crippen LogP contribution in [0.15, 0.2) is 15.8 Å². The lowest BCUT2D eigenvalue weighted by molar-refractivity contribution is -0.267. The molecule has 1 aromatic rings. The highest BCUT2D eigenvalue weighted by atomic mass is 28.4. The van der Waals surface area contributed by atoms with Crippen LogP contribution in [0, 0.1) is 6.92 Å². The quantitative estimate of drug-likeness (QED) is 0.313. The van der Waals surface area contributed by atoms with E-state index in [-0.39, 0.29) is 17.2 Å². The summed E-state index contributed by atoms with van der Waals surface area (Å²) in [5.41, 5.74) is -1.23. The lowest BCUT2D eigenvalue weighted by atomic mass is 9.97. The molecular formula is C23H36N2O10Si. The Bertz CT molecular complexity index is 1100. The van der Waals surface area contributed by atoms with E-state index in [9.17, 15) is 24.0 Å². The molecule has 5 atom stereocenters. The van der Waals surface area contributed by atoms with Crippen LogP contribution in [0.1, 0.15) is 53.3 Å². The number of carbonyl (C=O) groups excluding carboxylic acids is 3. The maximum atomic E-state index is 12.7. The number of carbonyl (C=O) groups is 3. The lowest BCUT2D eigenvalue weighted by Gasteiger charge is -2.46. The van der Waals surface area contributed by atoms with E-state index in [1.165, 1.54) is 20.0 Å². The van der Waals surface area contributed by atoms with Crippen LogP contribution in [0.3, 0.4) is 0 Å². The van der Waals surface area contributed by atoms with E-state index >= 15 is 0 Å². The third-order valence-electron chi connectivity index (χ3n) is 6.35. The van der Waals surface area contributed by atoms with E-state index < -0.39 is 68.1 Å². The minimum Gasteiger partial charge on any atom is -0.456 e. The van der Waals surface area contributed by atoms with Crippen molar-refractivity contribution >= 4 is 26.2 Å². The van der Waals surface area contributed by atoms with E-state index in [0.717, 1.165) is 18.4 Å². The van der Waals surface area contributed by atoms with Crippen molar-refractivity contribution < 1.29 is 37.8 Å². The Hall–Kier alpha value is -2.77. The van der Waals surface area contributed by atoms with Gasteiger partial charge in [-0.1, -0.05) is 20.8 Å². The maximum Gasteiger partial charge on any atom is 0.330 e. The molecule has 0 spiro atoms. The molecule has 36 heavy (non-hydrogen) atoms. The van der Waals surface area contributed by atoms with Gasteiger partial charge in [-0.25, -0.2) is 4.79 Å². The standard InChI is InChI=1S/C23H36N2O10Si/c1-12-10-25(22(30)24-20(12)29)21-19(34-15(4)28)18(33-14(3)27)17(32-13(2)26)16(35-21)11-31-36(8,9)23(5,6)7/h10,16-19,21H,11H2,1-9H3,(H,24,29,30)/t16-,17+,18+,19-,21-/m1/s1. The van der Waals surface area contributed by atoms with E-state index in [0.29, 0.717) is 0 Å². The first-order chi connectivity index (χ1) is 16.4. The fourth-order valence-corrected chi connectivity index (χ4v) is 4.53. The van der Waals surface area contributed by atoms with E-state index in [2.05, 4.69) is 4.98 Å². The highest BCUT2D eigenvalue weighted by Crippen LogP contribution is 2.38. The molecule has 1 N–H and O–H groups in total. The lowest BCUT2D eigenvalue weighted by Crippen LogP contribution is -2.62. The molecule has 2 heterocycles. The molecule has 0 unspecified atom stereocenters. The second-order valence-electron chi connectivity index (χ2n) is 10.3. The Balaban J connectivity index is 2.65. The predicted molar refractivity (Wildman–Crippen MR) is 130 cm³/mol. The van der Waals surface area contributed by atoms with Crippen molar-refractivity contribution in [3.05, 3.63) is 32.6 Å². The Morgan fingerprint density at radius 3 is 1.97 bits per heavy atom. The van der Waals surface area contributed by atoms with E-state index in [1.807, 2.05) is 33.9 Å². The number of nitrogens with zero attached hydrogens (tertiary/aromatic N) is 1. The summed E-state index contributed by atoms with van der Waals surface area (Å²) >= 11 is 0. The highest BCUT2D eigenvalue weighted by molar-refractivity contribution is 6.74. The van der Waals surface area contributed by atoms with Gasteiger partial charge >= 0.3 is 23.6 Å². The van der Waals surface area contributed by atoms with Crippen LogP contribution in [-0.4, -0.2) is 66.8 Å². The number of H-pyrrole nitrogens is 1. The van der Waals surface area contributed by atoms with Gasteiger partial charge in [-0.15, -0.1) is 0 Å². The molecule has 2 rings (SSSR count). The average Bonchev–Trinajstić information content (AvgIpc) is 2.70. The minimum absolute atomic E-state index is 0.0629. The normalized spacial score (nSPS) is 24.6. The van der Waals surface area contributed by atoms with Crippen molar-refractivity contribution in [1.82, 2.24) is 9.55 Å². The number of nitrogens with one attached hydrogen (secondary N) is 1. The Labute approximate surface area is 210 Å². The van der Waals surface area contributed by atoms with Crippen LogP contribution in [0.5, 0.6) is 0 Å². The van der Waals surface area contributed by atoms with Gasteiger partial charge < -0.3 is 23.4 Å². The summed E-state index contributed by atoms with van der Waals surface area (Å²) in [4.78, 5) is 62.9. The molecule has 12 nitrogen and oxygen atoms in total. The van der Waals surface area contributed by atoms with Gasteiger partial charge in [-0.2, -0.15) is 0 Å². The molecule has 13 heteroatoms. The Morgan fingerprint density at radius 2 is 1.47 bits per heavy atom. The topological polar surface area (TPSA) is 152 Å². The van der Waals surface area contributed by atoms with Gasteiger partial charge in [0.25, 0.3) is 5.56 Å². The number of rotatable bonds is 7. The first-order valence-corrected chi connectivity index (χ1v) is 14.5. The van der Waals surface area contributed by atoms with Gasteiger partial charge in [0.15, 0.2) is 32.9 Å². The molecule has 202 valence electrons. The predicted octanol–water partition coefficient (Wildman–Crippen LogP) is 1.56. The number of hydrogen-bond acceptors (Lipinski definition) is 10. The van der Waals surface area contributed by atoms with Gasteiger partial charge in [-0.05, 0) is 25.1 Å². The monoisotopic (exact) mass is 528 g/mol. The SMILES string of the molecule is CC(=O)O[C@@H]1[C@@H](OC(C)=O)[C@H](n2cc(C)c(=O)[nH]c2=O)O[C@H](CO[Si](C)(C)C(C)(C)C)[C@@H]1OC(C)=O. The third kappa shape index (κ3) is 6.92. The van der Waals surface area contributed by atoms with Crippen molar-refractivity contribution in [3.8, 4) is 0 Å². The summed E-state index contributed by atoms with van der Waals surface area (Å²) in [6.45, 7) is 15.1. The largest absolute Gasteiger partial charge is 0.456 e. The fourth-order valence-electron chi connectivity index (χ4n) is 3.51. The number of aromatic amines is 1. The molecule has 0 bridgehead atoms. The number of ether oxygens (including phenoxy) is 4. The van der Waals surface area contributed by atoms with E-state index in [1.54, 1.807) is 0 Å². The van der Waals surface area contributed by atoms with Gasteiger partial charge in [0, 0.05) is 32.5 Å². The molecule has 0 saturated carbocycles. The summed E-state index contributed by atoms with van der Waals surface area (Å²) in [6.07, 6.45) is -5.02. The minimum atomic E-state index is -2.31. The summed E-state index contributed by atoms with van der Waals surface area (Å²) in [6, 6.07) is 0. The van der Waals surface area contributed by atoms with Crippen LogP contribution in [0.4, 0.5) is 0 Å². The molecule has 0 aromatic carbocycles. The first kappa shape index (κ1) is 29.5. The van der Waals surface area contributed by atoms with Gasteiger partial charge in [0.1, 0.15) is 6.10 Å². The number of aryl methyl sites for hydroxylation is 1. The van der Waals surface area contributed by atoms with Gasteiger partial charge in [-0.3, -0.25) is 28.7 Å². The van der Waals surface area contributed by atoms with Crippen molar-refractivity contribution in [3.63, 3.8) is 0 Å². The summed E-state index contributed by atoms with van der Waals surface area (Å²) in [5, 5.41) is -0.152. The average molecular weight is 529 g/mol. The third-order valence-corrected chi connectivity index (χ3v) is 10.9. The van der Waals surface area contributed by atoms with Crippen LogP contribution in [0.2, 0.25) is 18.1 Å². The molecule has 1 saturated heterocycles. The number of hydrogen-bond donors (Lipinski definition) is 1. The zero-order chi connectivity index (χ0) is 27.6. The summed E-state index contributed by atoms with van der Waals surface area (Å²) < 4.78 is 30.0. The molecular weight excluding hydrogens is 492 g/mol. The molecule has 1 aromatic heterocycles. The van der Waals surface area contributed by atoms with E-state index in [4.69, 9.17) is 23.4 Å². The zero-order valence-electron chi connectivity index (χ0n) is 22.2. The second kappa shape index (κ2) is 11.1. The fraction of sp³-hybridized carbons (Fsp3) is 0.696. The zero-order valence-corrected chi connectivity index (χ0v) is 23.2. The summed E-state index contributed by atoms with van der Waals surface area (Å²) in [7, 11) is -2.31. The van der Waals surface area contributed by atoms with Crippen LogP contribution >= 0.6 is 0 Å². The Morgan fingerprint density at radius 1 is 0.972 bits per heavy atom. The molecule has 0 radical (unpaired) electrons. The molecule has 1 aliphatic rings. The number of esters is 3. The molecule has 0 amide bonds. The molecule has 1 aliphatic heterocycles. The van der Waals surface area contributed by atoms with Gasteiger partial charge in [0.2, 0.25) is 0 Å². The first-order valence-electron chi connectivity index (χ1n) is 11.6. The molecule has 1 fully saturated rings. The highest BCUT2D eigenvalue weighted by Gasteiger charge is 2.53. The van der Waals surface area contributed by atoms with Crippen LogP contribution in [0.25, 0.3) is 0 Å². The summed E-state index contributed by atoms with van der Waals surface area (Å²) in [5.74, 6) is -2.17. The van der Waals surface area contributed by atoms with Crippen molar-refractivity contribution in [2.75, 3.05) is 6.61 Å². The van der Waals surface area contributed by atoms with Crippen molar-refractivity contribution in [1.29, 1.82) is 0 Å². The van der Waals surface area contributed by atoms with Crippen LogP contribution in [-0.2, 0) is 37.8 Å². The smallest absolute Gasteiger partial charge is 0.330 e. The number of aromatic nitrogens is 2. The maximum absolute atomic E-state index is 12.7. The second-order valence-corrected chi connectivity index (χ2v) is 15.1. The Kier molecular flexibility index (Phi) is 9.08. The van der Waals surface area contributed by atoms with Gasteiger partial charge in [0.05, 0.1) is 6.61 Å². The van der Waals surface area contributed by atoms with Crippen molar-refractivity contribution in [2.24, 2.45) is 0 Å².